The Bertz CT molecular complexity index is 777. The van der Waals surface area contributed by atoms with Gasteiger partial charge in [0.1, 0.15) is 5.75 Å². The number of nitrogens with one attached hydrogen (secondary N) is 3. The molecule has 3 N–H and O–H groups in total. The number of sulfonamides is 1. The Morgan fingerprint density at radius 1 is 1.19 bits per heavy atom. The predicted molar refractivity (Wildman–Crippen MR) is 104 cm³/mol. The first-order valence-corrected chi connectivity index (χ1v) is 11.1. The minimum atomic E-state index is -3.56. The molecular formula is C19H29N3O4S. The van der Waals surface area contributed by atoms with Gasteiger partial charge in [-0.3, -0.25) is 4.79 Å². The number of methoxy groups -OCH3 is 1. The first kappa shape index (κ1) is 19.9. The summed E-state index contributed by atoms with van der Waals surface area (Å²) in [4.78, 5) is 12.5. The molecule has 1 aromatic rings. The molecule has 0 bridgehead atoms. The fraction of sp³-hybridized carbons (Fsp3) is 0.632. The first-order chi connectivity index (χ1) is 12.9. The summed E-state index contributed by atoms with van der Waals surface area (Å²) in [6.07, 6.45) is 6.26. The lowest BCUT2D eigenvalue weighted by Crippen LogP contribution is -2.43. The summed E-state index contributed by atoms with van der Waals surface area (Å²) in [6.45, 7) is 2.24. The SMILES string of the molecule is COc1ccc(S(=O)(=O)NC2CC2)cc1NCC(=O)NC1CCCCC1C. The van der Waals surface area contributed by atoms with Gasteiger partial charge in [0.25, 0.3) is 0 Å². The summed E-state index contributed by atoms with van der Waals surface area (Å²) in [5.74, 6) is 0.888. The van der Waals surface area contributed by atoms with E-state index in [1.165, 1.54) is 25.7 Å². The third-order valence-corrected chi connectivity index (χ3v) is 6.80. The maximum atomic E-state index is 12.4. The van der Waals surface area contributed by atoms with Crippen LogP contribution in [0.15, 0.2) is 23.1 Å². The molecule has 2 fully saturated rings. The van der Waals surface area contributed by atoms with Crippen LogP contribution in [0.25, 0.3) is 0 Å². The van der Waals surface area contributed by atoms with E-state index in [0.29, 0.717) is 17.4 Å². The van der Waals surface area contributed by atoms with Crippen molar-refractivity contribution in [3.63, 3.8) is 0 Å². The number of amides is 1. The van der Waals surface area contributed by atoms with Gasteiger partial charge in [0.15, 0.2) is 0 Å². The third kappa shape index (κ3) is 5.35. The van der Waals surface area contributed by atoms with Crippen molar-refractivity contribution in [1.29, 1.82) is 0 Å². The van der Waals surface area contributed by atoms with Crippen LogP contribution in [0.1, 0.15) is 45.4 Å². The van der Waals surface area contributed by atoms with Crippen LogP contribution in [0.5, 0.6) is 5.75 Å². The standard InChI is InChI=1S/C19H29N3O4S/c1-13-5-3-4-6-16(13)21-19(23)12-20-17-11-15(9-10-18(17)26-2)27(24,25)22-14-7-8-14/h9-11,13-14,16,20,22H,3-8,12H2,1-2H3,(H,21,23). The van der Waals surface area contributed by atoms with Crippen LogP contribution in [-0.2, 0) is 14.8 Å². The zero-order valence-corrected chi connectivity index (χ0v) is 16.8. The van der Waals surface area contributed by atoms with E-state index in [1.54, 1.807) is 6.07 Å². The van der Waals surface area contributed by atoms with Gasteiger partial charge < -0.3 is 15.4 Å². The normalized spacial score (nSPS) is 22.9. The Hall–Kier alpha value is -1.80. The van der Waals surface area contributed by atoms with Crippen molar-refractivity contribution in [2.45, 2.75) is 62.4 Å². The smallest absolute Gasteiger partial charge is 0.240 e. The number of anilines is 1. The van der Waals surface area contributed by atoms with Crippen LogP contribution in [0.2, 0.25) is 0 Å². The summed E-state index contributed by atoms with van der Waals surface area (Å²) < 4.78 is 32.8. The molecule has 2 unspecified atom stereocenters. The van der Waals surface area contributed by atoms with Gasteiger partial charge in [0.2, 0.25) is 15.9 Å². The van der Waals surface area contributed by atoms with Crippen molar-refractivity contribution in [3.8, 4) is 5.75 Å². The Labute approximate surface area is 161 Å². The molecule has 7 nitrogen and oxygen atoms in total. The molecule has 0 aliphatic heterocycles. The molecule has 27 heavy (non-hydrogen) atoms. The number of carbonyl (C=O) groups excluding carboxylic acids is 1. The fourth-order valence-electron chi connectivity index (χ4n) is 3.45. The highest BCUT2D eigenvalue weighted by Crippen LogP contribution is 2.29. The second kappa shape index (κ2) is 8.48. The molecular weight excluding hydrogens is 366 g/mol. The van der Waals surface area contributed by atoms with Crippen LogP contribution >= 0.6 is 0 Å². The average molecular weight is 396 g/mol. The summed E-state index contributed by atoms with van der Waals surface area (Å²) in [5.41, 5.74) is 0.489. The fourth-order valence-corrected chi connectivity index (χ4v) is 4.78. The van der Waals surface area contributed by atoms with Crippen LogP contribution in [0.4, 0.5) is 5.69 Å². The van der Waals surface area contributed by atoms with Gasteiger partial charge in [-0.15, -0.1) is 0 Å². The number of hydrogen-bond acceptors (Lipinski definition) is 5. The molecule has 2 aliphatic rings. The summed E-state index contributed by atoms with van der Waals surface area (Å²) in [7, 11) is -2.04. The minimum absolute atomic E-state index is 0.0387. The Morgan fingerprint density at radius 2 is 1.93 bits per heavy atom. The van der Waals surface area contributed by atoms with Gasteiger partial charge in [-0.05, 0) is 49.8 Å². The molecule has 1 aromatic carbocycles. The van der Waals surface area contributed by atoms with Crippen molar-refractivity contribution >= 4 is 21.6 Å². The maximum absolute atomic E-state index is 12.4. The maximum Gasteiger partial charge on any atom is 0.240 e. The molecule has 0 heterocycles. The quantitative estimate of drug-likeness (QED) is 0.627. The van der Waals surface area contributed by atoms with Gasteiger partial charge in [-0.25, -0.2) is 13.1 Å². The first-order valence-electron chi connectivity index (χ1n) is 9.62. The molecule has 2 saturated carbocycles. The van der Waals surface area contributed by atoms with E-state index in [2.05, 4.69) is 22.3 Å². The van der Waals surface area contributed by atoms with Crippen LogP contribution in [-0.4, -0.2) is 40.1 Å². The second-order valence-electron chi connectivity index (χ2n) is 7.55. The number of ether oxygens (including phenoxy) is 1. The molecule has 2 aliphatic carbocycles. The zero-order chi connectivity index (χ0) is 19.4. The third-order valence-electron chi connectivity index (χ3n) is 5.28. The van der Waals surface area contributed by atoms with Crippen LogP contribution in [0, 0.1) is 5.92 Å². The van der Waals surface area contributed by atoms with Gasteiger partial charge in [0.05, 0.1) is 24.2 Å². The lowest BCUT2D eigenvalue weighted by molar-refractivity contribution is -0.120. The van der Waals surface area contributed by atoms with Gasteiger partial charge in [-0.1, -0.05) is 19.8 Å². The van der Waals surface area contributed by atoms with E-state index in [1.807, 2.05) is 0 Å². The Balaban J connectivity index is 1.64. The Morgan fingerprint density at radius 3 is 2.59 bits per heavy atom. The van der Waals surface area contributed by atoms with Crippen LogP contribution in [0.3, 0.4) is 0 Å². The highest BCUT2D eigenvalue weighted by molar-refractivity contribution is 7.89. The largest absolute Gasteiger partial charge is 0.495 e. The number of hydrogen-bond donors (Lipinski definition) is 3. The van der Waals surface area contributed by atoms with Gasteiger partial charge in [0, 0.05) is 12.1 Å². The molecule has 1 amide bonds. The number of rotatable bonds is 8. The van der Waals surface area contributed by atoms with E-state index in [4.69, 9.17) is 4.74 Å². The lowest BCUT2D eigenvalue weighted by Gasteiger charge is -2.29. The molecule has 3 rings (SSSR count). The lowest BCUT2D eigenvalue weighted by atomic mass is 9.86. The monoisotopic (exact) mass is 395 g/mol. The minimum Gasteiger partial charge on any atom is -0.495 e. The molecule has 2 atom stereocenters. The molecule has 0 spiro atoms. The van der Waals surface area contributed by atoms with Gasteiger partial charge in [-0.2, -0.15) is 0 Å². The molecule has 0 radical (unpaired) electrons. The zero-order valence-electron chi connectivity index (χ0n) is 16.0. The molecule has 150 valence electrons. The summed E-state index contributed by atoms with van der Waals surface area (Å²) >= 11 is 0. The predicted octanol–water partition coefficient (Wildman–Crippen LogP) is 2.24. The molecule has 0 aromatic heterocycles. The van der Waals surface area contributed by atoms with E-state index >= 15 is 0 Å². The Kier molecular flexibility index (Phi) is 6.26. The molecule has 8 heteroatoms. The van der Waals surface area contributed by atoms with Crippen molar-refractivity contribution < 1.29 is 17.9 Å². The highest BCUT2D eigenvalue weighted by Gasteiger charge is 2.28. The topological polar surface area (TPSA) is 96.5 Å². The summed E-state index contributed by atoms with van der Waals surface area (Å²) in [6, 6.07) is 4.88. The van der Waals surface area contributed by atoms with E-state index in [-0.39, 0.29) is 29.4 Å². The van der Waals surface area contributed by atoms with Crippen molar-refractivity contribution in [2.75, 3.05) is 19.0 Å². The van der Waals surface area contributed by atoms with Crippen LogP contribution < -0.4 is 20.1 Å². The van der Waals surface area contributed by atoms with E-state index in [9.17, 15) is 13.2 Å². The second-order valence-corrected chi connectivity index (χ2v) is 9.26. The van der Waals surface area contributed by atoms with Crippen molar-refractivity contribution in [1.82, 2.24) is 10.0 Å². The van der Waals surface area contributed by atoms with E-state index in [0.717, 1.165) is 32.1 Å². The highest BCUT2D eigenvalue weighted by atomic mass is 32.2. The van der Waals surface area contributed by atoms with Crippen molar-refractivity contribution in [3.05, 3.63) is 18.2 Å². The van der Waals surface area contributed by atoms with E-state index < -0.39 is 10.0 Å². The van der Waals surface area contributed by atoms with Crippen molar-refractivity contribution in [2.24, 2.45) is 5.92 Å². The average Bonchev–Trinajstić information content (AvgIpc) is 3.45. The summed E-state index contributed by atoms with van der Waals surface area (Å²) in [5, 5.41) is 6.10. The molecule has 0 saturated heterocycles. The number of carbonyl (C=O) groups is 1. The van der Waals surface area contributed by atoms with Gasteiger partial charge >= 0.3 is 0 Å². The number of benzene rings is 1.